The van der Waals surface area contributed by atoms with Gasteiger partial charge >= 0.3 is 5.97 Å². The molecule has 1 fully saturated rings. The molecule has 1 saturated heterocycles. The Labute approximate surface area is 187 Å². The van der Waals surface area contributed by atoms with E-state index in [1.807, 2.05) is 0 Å². The predicted octanol–water partition coefficient (Wildman–Crippen LogP) is 3.84. The van der Waals surface area contributed by atoms with Gasteiger partial charge in [0.1, 0.15) is 5.54 Å². The number of carboxylic acid groups (broad SMARTS) is 1. The lowest BCUT2D eigenvalue weighted by atomic mass is 9.95. The number of nitrogens with one attached hydrogen (secondary N) is 2. The SMILES string of the molecule is O=C(O)c1ccccc1NC(=O)C1(NCc2ncc(-c3cc(Cl)ccc3Cl)o2)COC1. The van der Waals surface area contributed by atoms with Gasteiger partial charge in [0, 0.05) is 10.6 Å². The number of oxazole rings is 1. The Morgan fingerprint density at radius 1 is 1.16 bits per heavy atom. The standard InChI is InChI=1S/C21H17Cl2N3O5/c22-12-5-6-15(23)14(7-12)17-8-24-18(31-17)9-25-21(10-30-11-21)20(29)26-16-4-2-1-3-13(16)19(27)28/h1-8,25H,9-11H2,(H,26,29)(H,27,28). The number of carboxylic acids is 1. The summed E-state index contributed by atoms with van der Waals surface area (Å²) in [5, 5.41) is 16.1. The largest absolute Gasteiger partial charge is 0.478 e. The molecule has 3 aromatic rings. The van der Waals surface area contributed by atoms with Crippen LogP contribution in [0.15, 0.2) is 53.1 Å². The van der Waals surface area contributed by atoms with Crippen LogP contribution < -0.4 is 10.6 Å². The molecular weight excluding hydrogens is 445 g/mol. The maximum Gasteiger partial charge on any atom is 0.337 e. The third-order valence-corrected chi connectivity index (χ3v) is 5.43. The molecule has 3 N–H and O–H groups in total. The van der Waals surface area contributed by atoms with Gasteiger partial charge in [0.05, 0.1) is 42.2 Å². The molecule has 0 aliphatic carbocycles. The van der Waals surface area contributed by atoms with Crippen molar-refractivity contribution in [3.63, 3.8) is 0 Å². The molecule has 1 aromatic heterocycles. The monoisotopic (exact) mass is 461 g/mol. The van der Waals surface area contributed by atoms with E-state index in [9.17, 15) is 14.7 Å². The number of para-hydroxylation sites is 1. The highest BCUT2D eigenvalue weighted by molar-refractivity contribution is 6.35. The molecule has 8 nitrogen and oxygen atoms in total. The Balaban J connectivity index is 1.46. The Bertz CT molecular complexity index is 1140. The zero-order valence-electron chi connectivity index (χ0n) is 16.0. The normalized spacial score (nSPS) is 14.6. The number of aromatic nitrogens is 1. The summed E-state index contributed by atoms with van der Waals surface area (Å²) in [5.74, 6) is -0.744. The third-order valence-electron chi connectivity index (χ3n) is 4.86. The first kappa shape index (κ1) is 21.3. The fraction of sp³-hybridized carbons (Fsp3) is 0.190. The molecule has 2 aromatic carbocycles. The van der Waals surface area contributed by atoms with E-state index in [-0.39, 0.29) is 31.0 Å². The van der Waals surface area contributed by atoms with Crippen molar-refractivity contribution in [1.29, 1.82) is 0 Å². The van der Waals surface area contributed by atoms with Gasteiger partial charge in [-0.05, 0) is 30.3 Å². The summed E-state index contributed by atoms with van der Waals surface area (Å²) in [7, 11) is 0. The summed E-state index contributed by atoms with van der Waals surface area (Å²) in [6.45, 7) is 0.402. The first-order valence-corrected chi connectivity index (χ1v) is 10.0. The molecule has 0 bridgehead atoms. The van der Waals surface area contributed by atoms with E-state index in [4.69, 9.17) is 32.4 Å². The summed E-state index contributed by atoms with van der Waals surface area (Å²) in [6.07, 6.45) is 1.53. The van der Waals surface area contributed by atoms with E-state index in [0.717, 1.165) is 0 Å². The number of hydrogen-bond acceptors (Lipinski definition) is 6. The predicted molar refractivity (Wildman–Crippen MR) is 114 cm³/mol. The average Bonchev–Trinajstić information content (AvgIpc) is 3.18. The highest BCUT2D eigenvalue weighted by Crippen LogP contribution is 2.31. The Morgan fingerprint density at radius 3 is 2.65 bits per heavy atom. The molecule has 4 rings (SSSR count). The average molecular weight is 462 g/mol. The summed E-state index contributed by atoms with van der Waals surface area (Å²) in [5.41, 5.74) is -0.213. The van der Waals surface area contributed by atoms with Crippen LogP contribution in [0.2, 0.25) is 10.0 Å². The molecule has 0 radical (unpaired) electrons. The van der Waals surface area contributed by atoms with Gasteiger partial charge in [-0.25, -0.2) is 9.78 Å². The molecule has 31 heavy (non-hydrogen) atoms. The van der Waals surface area contributed by atoms with Crippen molar-refractivity contribution in [1.82, 2.24) is 10.3 Å². The minimum atomic E-state index is -1.13. The first-order valence-electron chi connectivity index (χ1n) is 9.25. The van der Waals surface area contributed by atoms with Crippen LogP contribution in [-0.2, 0) is 16.1 Å². The summed E-state index contributed by atoms with van der Waals surface area (Å²) in [4.78, 5) is 28.5. The number of nitrogens with zero attached hydrogens (tertiary/aromatic N) is 1. The molecule has 10 heteroatoms. The van der Waals surface area contributed by atoms with E-state index < -0.39 is 17.4 Å². The first-order chi connectivity index (χ1) is 14.9. The quantitative estimate of drug-likeness (QED) is 0.489. The van der Waals surface area contributed by atoms with Gasteiger partial charge < -0.3 is 19.6 Å². The molecule has 1 amide bonds. The van der Waals surface area contributed by atoms with Crippen molar-refractivity contribution in [2.75, 3.05) is 18.5 Å². The maximum absolute atomic E-state index is 12.9. The molecule has 0 saturated carbocycles. The van der Waals surface area contributed by atoms with E-state index in [1.165, 1.54) is 18.3 Å². The molecule has 0 spiro atoms. The molecule has 2 heterocycles. The van der Waals surface area contributed by atoms with Crippen LogP contribution in [0.5, 0.6) is 0 Å². The van der Waals surface area contributed by atoms with Crippen molar-refractivity contribution in [3.05, 3.63) is 70.2 Å². The third kappa shape index (κ3) is 4.42. The van der Waals surface area contributed by atoms with Gasteiger partial charge in [0.25, 0.3) is 0 Å². The number of hydrogen-bond donors (Lipinski definition) is 3. The van der Waals surface area contributed by atoms with Crippen LogP contribution in [0.3, 0.4) is 0 Å². The highest BCUT2D eigenvalue weighted by Gasteiger charge is 2.46. The summed E-state index contributed by atoms with van der Waals surface area (Å²) < 4.78 is 11.0. The van der Waals surface area contributed by atoms with Gasteiger partial charge in [-0.3, -0.25) is 10.1 Å². The van der Waals surface area contributed by atoms with Crippen molar-refractivity contribution in [3.8, 4) is 11.3 Å². The van der Waals surface area contributed by atoms with Gasteiger partial charge in [0.2, 0.25) is 11.8 Å². The fourth-order valence-electron chi connectivity index (χ4n) is 3.09. The Morgan fingerprint density at radius 2 is 1.94 bits per heavy atom. The topological polar surface area (TPSA) is 114 Å². The summed E-state index contributed by atoms with van der Waals surface area (Å²) >= 11 is 12.2. The van der Waals surface area contributed by atoms with Crippen LogP contribution in [0, 0.1) is 0 Å². The zero-order chi connectivity index (χ0) is 22.0. The minimum Gasteiger partial charge on any atom is -0.478 e. The molecule has 0 unspecified atom stereocenters. The number of rotatable bonds is 7. The van der Waals surface area contributed by atoms with Crippen molar-refractivity contribution >= 4 is 40.8 Å². The van der Waals surface area contributed by atoms with E-state index in [1.54, 1.807) is 30.3 Å². The van der Waals surface area contributed by atoms with Crippen molar-refractivity contribution in [2.24, 2.45) is 0 Å². The number of carbonyl (C=O) groups excluding carboxylic acids is 1. The number of carbonyl (C=O) groups is 2. The Kier molecular flexibility index (Phi) is 5.97. The molecule has 160 valence electrons. The van der Waals surface area contributed by atoms with Crippen LogP contribution in [0.4, 0.5) is 5.69 Å². The second-order valence-corrected chi connectivity index (χ2v) is 7.82. The maximum atomic E-state index is 12.9. The molecule has 0 atom stereocenters. The van der Waals surface area contributed by atoms with Crippen LogP contribution in [0.25, 0.3) is 11.3 Å². The number of benzene rings is 2. The lowest BCUT2D eigenvalue weighted by molar-refractivity contribution is -0.143. The van der Waals surface area contributed by atoms with Crippen LogP contribution in [0.1, 0.15) is 16.2 Å². The number of anilines is 1. The minimum absolute atomic E-state index is 0.00184. The van der Waals surface area contributed by atoms with Gasteiger partial charge in [-0.2, -0.15) is 0 Å². The van der Waals surface area contributed by atoms with E-state index in [0.29, 0.717) is 27.3 Å². The molecule has 1 aliphatic heterocycles. The molecule has 1 aliphatic rings. The smallest absolute Gasteiger partial charge is 0.337 e. The lowest BCUT2D eigenvalue weighted by Crippen LogP contribution is -2.67. The van der Waals surface area contributed by atoms with Gasteiger partial charge in [-0.15, -0.1) is 0 Å². The second-order valence-electron chi connectivity index (χ2n) is 6.98. The fourth-order valence-corrected chi connectivity index (χ4v) is 3.47. The second kappa shape index (κ2) is 8.68. The number of halogens is 2. The molecular formula is C21H17Cl2N3O5. The Hall–Kier alpha value is -2.91. The number of amides is 1. The van der Waals surface area contributed by atoms with Crippen molar-refractivity contribution in [2.45, 2.75) is 12.1 Å². The number of ether oxygens (including phenoxy) is 1. The number of aromatic carboxylic acids is 1. The summed E-state index contributed by atoms with van der Waals surface area (Å²) in [6, 6.07) is 11.2. The van der Waals surface area contributed by atoms with Crippen LogP contribution >= 0.6 is 23.2 Å². The lowest BCUT2D eigenvalue weighted by Gasteiger charge is -2.40. The van der Waals surface area contributed by atoms with E-state index >= 15 is 0 Å². The van der Waals surface area contributed by atoms with E-state index in [2.05, 4.69) is 15.6 Å². The van der Waals surface area contributed by atoms with Gasteiger partial charge in [0.15, 0.2) is 5.76 Å². The van der Waals surface area contributed by atoms with Crippen molar-refractivity contribution < 1.29 is 23.8 Å². The van der Waals surface area contributed by atoms with Gasteiger partial charge in [-0.1, -0.05) is 35.3 Å². The highest BCUT2D eigenvalue weighted by atomic mass is 35.5. The van der Waals surface area contributed by atoms with Crippen LogP contribution in [-0.4, -0.2) is 40.7 Å². The zero-order valence-corrected chi connectivity index (χ0v) is 17.5.